The van der Waals surface area contributed by atoms with Crippen LogP contribution in [0.3, 0.4) is 0 Å². The Morgan fingerprint density at radius 2 is 1.89 bits per heavy atom. The summed E-state index contributed by atoms with van der Waals surface area (Å²) in [6.45, 7) is 2.55. The molecule has 3 heteroatoms. The molecule has 0 aliphatic heterocycles. The zero-order valence-corrected chi connectivity index (χ0v) is 11.1. The topological polar surface area (TPSA) is 42.4 Å². The van der Waals surface area contributed by atoms with E-state index in [-0.39, 0.29) is 0 Å². The molecule has 19 heavy (non-hydrogen) atoms. The van der Waals surface area contributed by atoms with Crippen LogP contribution >= 0.6 is 0 Å². The third-order valence-electron chi connectivity index (χ3n) is 3.06. The van der Waals surface area contributed by atoms with Crippen LogP contribution in [0.5, 0.6) is 5.75 Å². The summed E-state index contributed by atoms with van der Waals surface area (Å²) in [7, 11) is 0. The minimum atomic E-state index is -0.461. The Bertz CT molecular complexity index is 499. The van der Waals surface area contributed by atoms with E-state index in [0.29, 0.717) is 13.0 Å². The molecule has 0 saturated heterocycles. The number of rotatable bonds is 6. The minimum Gasteiger partial charge on any atom is -0.493 e. The molecule has 0 amide bonds. The van der Waals surface area contributed by atoms with Crippen LogP contribution < -0.4 is 4.74 Å². The van der Waals surface area contributed by atoms with Gasteiger partial charge >= 0.3 is 0 Å². The average molecular weight is 257 g/mol. The molecule has 0 fully saturated rings. The highest BCUT2D eigenvalue weighted by Crippen LogP contribution is 2.26. The third-order valence-corrected chi connectivity index (χ3v) is 3.06. The summed E-state index contributed by atoms with van der Waals surface area (Å²) in [5, 5.41) is 9.94. The summed E-state index contributed by atoms with van der Waals surface area (Å²) in [4.78, 5) is 3.99. The van der Waals surface area contributed by atoms with Crippen LogP contribution in [0.15, 0.2) is 48.8 Å². The Morgan fingerprint density at radius 1 is 1.16 bits per heavy atom. The van der Waals surface area contributed by atoms with Gasteiger partial charge in [0.1, 0.15) is 5.75 Å². The van der Waals surface area contributed by atoms with E-state index < -0.39 is 6.10 Å². The fourth-order valence-electron chi connectivity index (χ4n) is 1.94. The van der Waals surface area contributed by atoms with Crippen LogP contribution in [0.25, 0.3) is 0 Å². The summed E-state index contributed by atoms with van der Waals surface area (Å²) in [6, 6.07) is 11.6. The first-order valence-corrected chi connectivity index (χ1v) is 6.60. The molecule has 0 unspecified atom stereocenters. The van der Waals surface area contributed by atoms with Gasteiger partial charge in [0.15, 0.2) is 0 Å². The van der Waals surface area contributed by atoms with Crippen molar-refractivity contribution in [1.29, 1.82) is 0 Å². The van der Waals surface area contributed by atoms with Gasteiger partial charge in [0.05, 0.1) is 12.7 Å². The number of hydrogen-bond acceptors (Lipinski definition) is 3. The van der Waals surface area contributed by atoms with Crippen LogP contribution in [-0.4, -0.2) is 16.7 Å². The van der Waals surface area contributed by atoms with E-state index in [1.165, 1.54) is 5.56 Å². The quantitative estimate of drug-likeness (QED) is 0.864. The van der Waals surface area contributed by atoms with Crippen molar-refractivity contribution in [3.63, 3.8) is 0 Å². The average Bonchev–Trinajstić information content (AvgIpc) is 2.48. The molecule has 1 N–H and O–H groups in total. The lowest BCUT2D eigenvalue weighted by molar-refractivity contribution is 0.167. The molecule has 0 aliphatic rings. The molecule has 0 aliphatic carbocycles. The predicted octanol–water partition coefficient (Wildman–Crippen LogP) is 3.15. The molecule has 2 rings (SSSR count). The van der Waals surface area contributed by atoms with Gasteiger partial charge in [0, 0.05) is 24.4 Å². The zero-order chi connectivity index (χ0) is 13.5. The van der Waals surface area contributed by atoms with Crippen molar-refractivity contribution in [1.82, 2.24) is 4.98 Å². The Kier molecular flexibility index (Phi) is 4.93. The SMILES string of the molecule is CC[C@H](O)c1ccccc1OCCc1ccncc1. The van der Waals surface area contributed by atoms with Crippen molar-refractivity contribution in [3.05, 3.63) is 59.9 Å². The zero-order valence-electron chi connectivity index (χ0n) is 11.1. The van der Waals surface area contributed by atoms with Crippen molar-refractivity contribution in [3.8, 4) is 5.75 Å². The van der Waals surface area contributed by atoms with Crippen molar-refractivity contribution in [2.75, 3.05) is 6.61 Å². The van der Waals surface area contributed by atoms with Gasteiger partial charge in [-0.3, -0.25) is 4.98 Å². The predicted molar refractivity (Wildman–Crippen MR) is 75.1 cm³/mol. The Hall–Kier alpha value is -1.87. The third kappa shape index (κ3) is 3.80. The first-order valence-electron chi connectivity index (χ1n) is 6.60. The van der Waals surface area contributed by atoms with Crippen LogP contribution in [0.1, 0.15) is 30.6 Å². The normalized spacial score (nSPS) is 12.1. The van der Waals surface area contributed by atoms with E-state index in [0.717, 1.165) is 17.7 Å². The van der Waals surface area contributed by atoms with Gasteiger partial charge in [0.25, 0.3) is 0 Å². The van der Waals surface area contributed by atoms with E-state index in [9.17, 15) is 5.11 Å². The van der Waals surface area contributed by atoms with E-state index in [1.807, 2.05) is 43.3 Å². The molecule has 100 valence electrons. The smallest absolute Gasteiger partial charge is 0.125 e. The van der Waals surface area contributed by atoms with Gasteiger partial charge in [-0.05, 0) is 30.2 Å². The van der Waals surface area contributed by atoms with Crippen molar-refractivity contribution < 1.29 is 9.84 Å². The van der Waals surface area contributed by atoms with E-state index in [1.54, 1.807) is 12.4 Å². The maximum absolute atomic E-state index is 9.94. The second-order valence-electron chi connectivity index (χ2n) is 4.42. The van der Waals surface area contributed by atoms with E-state index in [4.69, 9.17) is 4.74 Å². The molecule has 3 nitrogen and oxygen atoms in total. The molecule has 1 aromatic carbocycles. The number of aliphatic hydroxyl groups is 1. The number of ether oxygens (including phenoxy) is 1. The fourth-order valence-corrected chi connectivity index (χ4v) is 1.94. The summed E-state index contributed by atoms with van der Waals surface area (Å²) in [5.41, 5.74) is 2.06. The molecule has 0 radical (unpaired) electrons. The molecular formula is C16H19NO2. The Balaban J connectivity index is 1.96. The van der Waals surface area contributed by atoms with Gasteiger partial charge in [-0.2, -0.15) is 0 Å². The monoisotopic (exact) mass is 257 g/mol. The summed E-state index contributed by atoms with van der Waals surface area (Å²) in [5.74, 6) is 0.769. The molecule has 1 atom stereocenters. The lowest BCUT2D eigenvalue weighted by Crippen LogP contribution is -2.05. The maximum atomic E-state index is 9.94. The fraction of sp³-hybridized carbons (Fsp3) is 0.312. The van der Waals surface area contributed by atoms with Crippen LogP contribution in [0, 0.1) is 0 Å². The molecule has 0 bridgehead atoms. The van der Waals surface area contributed by atoms with E-state index in [2.05, 4.69) is 4.98 Å². The highest BCUT2D eigenvalue weighted by molar-refractivity contribution is 5.35. The van der Waals surface area contributed by atoms with Crippen molar-refractivity contribution in [2.24, 2.45) is 0 Å². The lowest BCUT2D eigenvalue weighted by Gasteiger charge is -2.14. The van der Waals surface area contributed by atoms with Gasteiger partial charge in [-0.15, -0.1) is 0 Å². The molecule has 1 aromatic heterocycles. The van der Waals surface area contributed by atoms with Gasteiger partial charge in [0.2, 0.25) is 0 Å². The largest absolute Gasteiger partial charge is 0.493 e. The van der Waals surface area contributed by atoms with Crippen LogP contribution in [0.2, 0.25) is 0 Å². The Morgan fingerprint density at radius 3 is 2.63 bits per heavy atom. The number of aromatic nitrogens is 1. The Labute approximate surface area is 113 Å². The summed E-state index contributed by atoms with van der Waals surface area (Å²) < 4.78 is 5.78. The standard InChI is InChI=1S/C16H19NO2/c1-2-15(18)14-5-3-4-6-16(14)19-12-9-13-7-10-17-11-8-13/h3-8,10-11,15,18H,2,9,12H2,1H3/t15-/m0/s1. The molecule has 0 saturated carbocycles. The number of aliphatic hydroxyl groups excluding tert-OH is 1. The number of nitrogens with zero attached hydrogens (tertiary/aromatic N) is 1. The molecule has 0 spiro atoms. The van der Waals surface area contributed by atoms with Gasteiger partial charge < -0.3 is 9.84 Å². The van der Waals surface area contributed by atoms with Crippen LogP contribution in [0.4, 0.5) is 0 Å². The van der Waals surface area contributed by atoms with Crippen molar-refractivity contribution >= 4 is 0 Å². The highest BCUT2D eigenvalue weighted by Gasteiger charge is 2.10. The minimum absolute atomic E-state index is 0.461. The molecule has 1 heterocycles. The molecule has 2 aromatic rings. The number of para-hydroxylation sites is 1. The summed E-state index contributed by atoms with van der Waals surface area (Å²) in [6.07, 6.45) is 4.62. The van der Waals surface area contributed by atoms with Crippen LogP contribution in [-0.2, 0) is 6.42 Å². The first kappa shape index (κ1) is 13.6. The van der Waals surface area contributed by atoms with Crippen molar-refractivity contribution in [2.45, 2.75) is 25.9 Å². The number of hydrogen-bond donors (Lipinski definition) is 1. The van der Waals surface area contributed by atoms with Gasteiger partial charge in [-0.25, -0.2) is 0 Å². The number of pyridine rings is 1. The maximum Gasteiger partial charge on any atom is 0.125 e. The van der Waals surface area contributed by atoms with E-state index >= 15 is 0 Å². The second kappa shape index (κ2) is 6.90. The molecular weight excluding hydrogens is 238 g/mol. The highest BCUT2D eigenvalue weighted by atomic mass is 16.5. The summed E-state index contributed by atoms with van der Waals surface area (Å²) >= 11 is 0. The second-order valence-corrected chi connectivity index (χ2v) is 4.42. The van der Waals surface area contributed by atoms with Gasteiger partial charge in [-0.1, -0.05) is 25.1 Å². The first-order chi connectivity index (χ1) is 9.31. The lowest BCUT2D eigenvalue weighted by atomic mass is 10.1. The number of benzene rings is 1.